The maximum absolute atomic E-state index is 13.0. The molecule has 0 atom stereocenters. The summed E-state index contributed by atoms with van der Waals surface area (Å²) in [7, 11) is 0. The lowest BCUT2D eigenvalue weighted by molar-refractivity contribution is -0.137. The fraction of sp³-hybridized carbons (Fsp3) is 0.118. The first-order valence-electron chi connectivity index (χ1n) is 7.70. The number of pyridine rings is 1. The summed E-state index contributed by atoms with van der Waals surface area (Å²) in [5, 5.41) is 4.22. The molecule has 11 heteroatoms. The summed E-state index contributed by atoms with van der Waals surface area (Å²) >= 11 is 14.5. The molecule has 0 amide bonds. The van der Waals surface area contributed by atoms with Crippen LogP contribution in [0.5, 0.6) is 0 Å². The number of alkyl halides is 4. The van der Waals surface area contributed by atoms with Gasteiger partial charge in [0.25, 0.3) is 5.89 Å². The number of halogens is 6. The summed E-state index contributed by atoms with van der Waals surface area (Å²) in [4.78, 5) is 8.45. The van der Waals surface area contributed by atoms with Crippen LogP contribution in [0.2, 0.25) is 10.0 Å². The van der Waals surface area contributed by atoms with Crippen LogP contribution in [0.4, 0.5) is 13.2 Å². The van der Waals surface area contributed by atoms with Gasteiger partial charge in [-0.3, -0.25) is 0 Å². The summed E-state index contributed by atoms with van der Waals surface area (Å²) in [6, 6.07) is 6.30. The Balaban J connectivity index is 1.75. The van der Waals surface area contributed by atoms with Crippen molar-refractivity contribution in [3.05, 3.63) is 57.8 Å². The normalized spacial score (nSPS) is 12.1. The van der Waals surface area contributed by atoms with Gasteiger partial charge in [0.15, 0.2) is 5.65 Å². The van der Waals surface area contributed by atoms with E-state index in [9.17, 15) is 13.2 Å². The summed E-state index contributed by atoms with van der Waals surface area (Å²) in [6.45, 7) is 0. The van der Waals surface area contributed by atoms with Crippen molar-refractivity contribution in [1.82, 2.24) is 19.5 Å². The molecule has 0 aliphatic rings. The van der Waals surface area contributed by atoms with E-state index in [0.29, 0.717) is 10.6 Å². The van der Waals surface area contributed by atoms with Crippen LogP contribution in [0, 0.1) is 0 Å². The summed E-state index contributed by atoms with van der Waals surface area (Å²) in [5.74, 6) is 0.288. The van der Waals surface area contributed by atoms with Crippen molar-refractivity contribution in [2.75, 3.05) is 0 Å². The third-order valence-corrected chi connectivity index (χ3v) is 5.38. The Morgan fingerprint density at radius 3 is 2.54 bits per heavy atom. The smallest absolute Gasteiger partial charge is 0.332 e. The number of benzene rings is 1. The van der Waals surface area contributed by atoms with Gasteiger partial charge in [0.05, 0.1) is 15.6 Å². The van der Waals surface area contributed by atoms with E-state index in [1.54, 1.807) is 6.07 Å². The van der Waals surface area contributed by atoms with Gasteiger partial charge >= 0.3 is 6.18 Å². The average Bonchev–Trinajstić information content (AvgIpc) is 3.27. The van der Waals surface area contributed by atoms with E-state index in [0.717, 1.165) is 22.3 Å². The van der Waals surface area contributed by atoms with Crippen molar-refractivity contribution >= 4 is 51.4 Å². The molecule has 4 aromatic rings. The zero-order chi connectivity index (χ0) is 20.1. The number of imidazole rings is 1. The van der Waals surface area contributed by atoms with Crippen LogP contribution in [-0.4, -0.2) is 19.5 Å². The lowest BCUT2D eigenvalue weighted by atomic mass is 10.1. The van der Waals surface area contributed by atoms with Crippen molar-refractivity contribution in [3.8, 4) is 23.0 Å². The van der Waals surface area contributed by atoms with Gasteiger partial charge in [-0.25, -0.2) is 4.98 Å². The first-order chi connectivity index (χ1) is 13.3. The predicted molar refractivity (Wildman–Crippen MR) is 107 cm³/mol. The molecule has 0 bridgehead atoms. The van der Waals surface area contributed by atoms with E-state index in [-0.39, 0.29) is 28.1 Å². The molecule has 4 rings (SSSR count). The van der Waals surface area contributed by atoms with Crippen LogP contribution in [0.25, 0.3) is 28.6 Å². The fourth-order valence-corrected chi connectivity index (χ4v) is 3.59. The molecular weight excluding hydrogens is 531 g/mol. The average molecular weight is 539 g/mol. The second-order valence-corrected chi connectivity index (χ2v) is 7.38. The largest absolute Gasteiger partial charge is 0.417 e. The highest BCUT2D eigenvalue weighted by atomic mass is 127. The van der Waals surface area contributed by atoms with Crippen LogP contribution in [-0.2, 0) is 10.6 Å². The van der Waals surface area contributed by atoms with Crippen molar-refractivity contribution in [2.45, 2.75) is 10.6 Å². The van der Waals surface area contributed by atoms with Crippen molar-refractivity contribution in [2.24, 2.45) is 0 Å². The van der Waals surface area contributed by atoms with Crippen LogP contribution >= 0.6 is 45.8 Å². The minimum Gasteiger partial charge on any atom is -0.332 e. The molecule has 0 spiro atoms. The lowest BCUT2D eigenvalue weighted by Crippen LogP contribution is -2.06. The van der Waals surface area contributed by atoms with Gasteiger partial charge in [-0.15, -0.1) is 0 Å². The van der Waals surface area contributed by atoms with Gasteiger partial charge in [0, 0.05) is 22.4 Å². The van der Waals surface area contributed by atoms with Crippen LogP contribution in [0.15, 0.2) is 41.2 Å². The zero-order valence-electron chi connectivity index (χ0n) is 13.6. The fourth-order valence-electron chi connectivity index (χ4n) is 2.57. The van der Waals surface area contributed by atoms with Crippen molar-refractivity contribution in [1.29, 1.82) is 0 Å². The number of hydrogen-bond donors (Lipinski definition) is 0. The SMILES string of the molecule is FC(F)(F)c1cc(Cl)c2nc(-c3nc(-c4ccc(CI)cc4Cl)no3)cn2c1. The van der Waals surface area contributed by atoms with E-state index in [4.69, 9.17) is 27.7 Å². The summed E-state index contributed by atoms with van der Waals surface area (Å²) < 4.78 is 46.1. The Labute approximate surface area is 179 Å². The molecule has 3 heterocycles. The van der Waals surface area contributed by atoms with E-state index < -0.39 is 11.7 Å². The Morgan fingerprint density at radius 2 is 1.86 bits per heavy atom. The highest BCUT2D eigenvalue weighted by Crippen LogP contribution is 2.34. The van der Waals surface area contributed by atoms with Crippen molar-refractivity contribution < 1.29 is 17.7 Å². The maximum atomic E-state index is 13.0. The molecule has 28 heavy (non-hydrogen) atoms. The highest BCUT2D eigenvalue weighted by molar-refractivity contribution is 14.1. The number of nitrogens with zero attached hydrogens (tertiary/aromatic N) is 4. The van der Waals surface area contributed by atoms with Crippen LogP contribution in [0.3, 0.4) is 0 Å². The van der Waals surface area contributed by atoms with Gasteiger partial charge in [0.2, 0.25) is 5.82 Å². The Morgan fingerprint density at radius 1 is 1.07 bits per heavy atom. The molecule has 0 saturated heterocycles. The molecular formula is C17H8Cl2F3IN4O. The van der Waals surface area contributed by atoms with Crippen LogP contribution in [0.1, 0.15) is 11.1 Å². The number of aromatic nitrogens is 4. The van der Waals surface area contributed by atoms with Gasteiger partial charge in [-0.2, -0.15) is 18.2 Å². The molecule has 0 radical (unpaired) electrons. The molecule has 0 aliphatic heterocycles. The van der Waals surface area contributed by atoms with Gasteiger partial charge < -0.3 is 8.92 Å². The minimum absolute atomic E-state index is 0.0392. The number of rotatable bonds is 3. The molecule has 144 valence electrons. The first kappa shape index (κ1) is 19.5. The third kappa shape index (κ3) is 3.58. The molecule has 0 fully saturated rings. The molecule has 3 aromatic heterocycles. The monoisotopic (exact) mass is 538 g/mol. The molecule has 5 nitrogen and oxygen atoms in total. The number of hydrogen-bond acceptors (Lipinski definition) is 4. The highest BCUT2D eigenvalue weighted by Gasteiger charge is 2.32. The maximum Gasteiger partial charge on any atom is 0.417 e. The van der Waals surface area contributed by atoms with E-state index in [1.807, 2.05) is 12.1 Å². The lowest BCUT2D eigenvalue weighted by Gasteiger charge is -2.07. The second kappa shape index (κ2) is 7.20. The van der Waals surface area contributed by atoms with Crippen LogP contribution < -0.4 is 0 Å². The second-order valence-electron chi connectivity index (χ2n) is 5.80. The Hall–Kier alpha value is -1.85. The molecule has 0 unspecified atom stereocenters. The van der Waals surface area contributed by atoms with Gasteiger partial charge in [0.1, 0.15) is 5.69 Å². The van der Waals surface area contributed by atoms with E-state index >= 15 is 0 Å². The molecule has 1 aromatic carbocycles. The Bertz CT molecular complexity index is 1190. The van der Waals surface area contributed by atoms with E-state index in [1.165, 1.54) is 10.6 Å². The quantitative estimate of drug-likeness (QED) is 0.226. The minimum atomic E-state index is -4.53. The van der Waals surface area contributed by atoms with E-state index in [2.05, 4.69) is 37.7 Å². The molecule has 0 saturated carbocycles. The third-order valence-electron chi connectivity index (χ3n) is 3.91. The predicted octanol–water partition coefficient (Wildman–Crippen LogP) is 6.31. The molecule has 0 N–H and O–H groups in total. The summed E-state index contributed by atoms with van der Waals surface area (Å²) in [6.07, 6.45) is -2.29. The first-order valence-corrected chi connectivity index (χ1v) is 9.98. The standard InChI is InChI=1S/C17H8Cl2F3IN4O/c18-11-3-8(5-23)1-2-10(11)14-25-16(28-26-14)13-7-27-6-9(17(20,21)22)4-12(19)15(27)24-13/h1-4,6-7H,5H2. The Kier molecular flexibility index (Phi) is 5.00. The number of fused-ring (bicyclic) bond motifs is 1. The topological polar surface area (TPSA) is 56.2 Å². The van der Waals surface area contributed by atoms with Gasteiger partial charge in [-0.05, 0) is 23.8 Å². The zero-order valence-corrected chi connectivity index (χ0v) is 17.3. The van der Waals surface area contributed by atoms with Gasteiger partial charge in [-0.1, -0.05) is 57.0 Å². The summed E-state index contributed by atoms with van der Waals surface area (Å²) in [5.41, 5.74) is 1.08. The molecule has 0 aliphatic carbocycles. The van der Waals surface area contributed by atoms with Crippen molar-refractivity contribution in [3.63, 3.8) is 0 Å².